The van der Waals surface area contributed by atoms with Crippen molar-refractivity contribution in [3.05, 3.63) is 12.2 Å². The molecule has 0 saturated heterocycles. The third kappa shape index (κ3) is 1.87. The van der Waals surface area contributed by atoms with Gasteiger partial charge in [-0.1, -0.05) is 6.58 Å². The number of carbonyl (C=O) groups is 2. The van der Waals surface area contributed by atoms with Gasteiger partial charge in [0.2, 0.25) is 0 Å². The van der Waals surface area contributed by atoms with Crippen molar-refractivity contribution in [3.63, 3.8) is 0 Å². The molecule has 56 valence electrons. The number of hydrogen-bond acceptors (Lipinski definition) is 4. The summed E-state index contributed by atoms with van der Waals surface area (Å²) in [6, 6.07) is -1.58. The van der Waals surface area contributed by atoms with Crippen LogP contribution in [0, 0.1) is 0 Å². The number of carboxylic acid groups (broad SMARTS) is 2. The minimum atomic E-state index is -1.64. The van der Waals surface area contributed by atoms with Gasteiger partial charge in [-0.15, -0.1) is 0 Å². The molecule has 0 amide bonds. The van der Waals surface area contributed by atoms with E-state index in [-0.39, 0.29) is 0 Å². The number of carbonyl (C=O) groups excluding carboxylic acids is 1. The Morgan fingerprint density at radius 2 is 2.00 bits per heavy atom. The number of hydrogen-bond donors (Lipinski definition) is 2. The van der Waals surface area contributed by atoms with Crippen LogP contribution in [-0.2, 0) is 9.59 Å². The number of aliphatic carboxylic acids is 2. The predicted molar refractivity (Wildman–Crippen MR) is 29.8 cm³/mol. The molecule has 10 heavy (non-hydrogen) atoms. The SMILES string of the molecule is C=C(C(=O)[O-])C(N)C(=O)O. The van der Waals surface area contributed by atoms with E-state index >= 15 is 0 Å². The smallest absolute Gasteiger partial charge is 0.325 e. The first kappa shape index (κ1) is 8.64. The third-order valence-electron chi connectivity index (χ3n) is 0.904. The average molecular weight is 144 g/mol. The fourth-order valence-electron chi connectivity index (χ4n) is 0.276. The molecular weight excluding hydrogens is 138 g/mol. The minimum absolute atomic E-state index is 0.632. The fraction of sp³-hybridized carbons (Fsp3) is 0.200. The number of nitrogens with two attached hydrogens (primary N) is 1. The van der Waals surface area contributed by atoms with Crippen LogP contribution in [0.2, 0.25) is 0 Å². The van der Waals surface area contributed by atoms with Crippen molar-refractivity contribution in [2.45, 2.75) is 6.04 Å². The summed E-state index contributed by atoms with van der Waals surface area (Å²) in [6.07, 6.45) is 0. The second-order valence-corrected chi connectivity index (χ2v) is 1.63. The van der Waals surface area contributed by atoms with Gasteiger partial charge in [-0.3, -0.25) is 4.79 Å². The second kappa shape index (κ2) is 2.98. The van der Waals surface area contributed by atoms with Gasteiger partial charge in [-0.05, 0) is 5.57 Å². The van der Waals surface area contributed by atoms with Crippen molar-refractivity contribution in [3.8, 4) is 0 Å². The molecule has 0 saturated carbocycles. The quantitative estimate of drug-likeness (QED) is 0.433. The van der Waals surface area contributed by atoms with E-state index in [4.69, 9.17) is 10.8 Å². The fourth-order valence-corrected chi connectivity index (χ4v) is 0.276. The normalized spacial score (nSPS) is 12.1. The third-order valence-corrected chi connectivity index (χ3v) is 0.904. The van der Waals surface area contributed by atoms with Crippen molar-refractivity contribution in [2.75, 3.05) is 0 Å². The van der Waals surface area contributed by atoms with Gasteiger partial charge in [0.15, 0.2) is 0 Å². The van der Waals surface area contributed by atoms with E-state index in [1.807, 2.05) is 0 Å². The first-order chi connectivity index (χ1) is 4.46. The maximum Gasteiger partial charge on any atom is 0.325 e. The molecule has 0 aromatic heterocycles. The topological polar surface area (TPSA) is 103 Å². The lowest BCUT2D eigenvalue weighted by atomic mass is 10.1. The molecule has 0 rings (SSSR count). The molecule has 0 fully saturated rings. The van der Waals surface area contributed by atoms with Gasteiger partial charge in [0, 0.05) is 0 Å². The van der Waals surface area contributed by atoms with Gasteiger partial charge in [0.1, 0.15) is 6.04 Å². The number of carboxylic acids is 2. The summed E-state index contributed by atoms with van der Waals surface area (Å²) < 4.78 is 0. The van der Waals surface area contributed by atoms with Crippen molar-refractivity contribution < 1.29 is 19.8 Å². The summed E-state index contributed by atoms with van der Waals surface area (Å²) in [5.74, 6) is -3.08. The lowest BCUT2D eigenvalue weighted by Gasteiger charge is -2.09. The van der Waals surface area contributed by atoms with E-state index in [9.17, 15) is 14.7 Å². The highest BCUT2D eigenvalue weighted by atomic mass is 16.4. The molecule has 0 heterocycles. The largest absolute Gasteiger partial charge is 0.545 e. The van der Waals surface area contributed by atoms with Gasteiger partial charge >= 0.3 is 5.97 Å². The zero-order chi connectivity index (χ0) is 8.31. The molecule has 1 atom stereocenters. The van der Waals surface area contributed by atoms with Crippen molar-refractivity contribution in [1.82, 2.24) is 0 Å². The Bertz CT molecular complexity index is 186. The average Bonchev–Trinajstić information content (AvgIpc) is 1.84. The summed E-state index contributed by atoms with van der Waals surface area (Å²) >= 11 is 0. The van der Waals surface area contributed by atoms with Crippen molar-refractivity contribution in [1.29, 1.82) is 0 Å². The molecular formula is C5H6NO4-. The molecule has 3 N–H and O–H groups in total. The van der Waals surface area contributed by atoms with E-state index in [2.05, 4.69) is 6.58 Å². The van der Waals surface area contributed by atoms with Crippen LogP contribution < -0.4 is 10.8 Å². The molecule has 0 spiro atoms. The highest BCUT2D eigenvalue weighted by molar-refractivity contribution is 5.94. The highest BCUT2D eigenvalue weighted by Gasteiger charge is 2.15. The standard InChI is InChI=1S/C5H7NO4/c1-2(4(7)8)3(6)5(9)10/h3H,1,6H2,(H,7,8)(H,9,10)/p-1. The monoisotopic (exact) mass is 144 g/mol. The van der Waals surface area contributed by atoms with E-state index in [0.29, 0.717) is 0 Å². The van der Waals surface area contributed by atoms with Gasteiger partial charge < -0.3 is 20.7 Å². The minimum Gasteiger partial charge on any atom is -0.545 e. The van der Waals surface area contributed by atoms with Crippen LogP contribution in [0.1, 0.15) is 0 Å². The van der Waals surface area contributed by atoms with Crippen molar-refractivity contribution in [2.24, 2.45) is 5.73 Å². The summed E-state index contributed by atoms with van der Waals surface area (Å²) in [7, 11) is 0. The van der Waals surface area contributed by atoms with Crippen LogP contribution in [-0.4, -0.2) is 23.1 Å². The maximum atomic E-state index is 9.97. The van der Waals surface area contributed by atoms with Crippen LogP contribution in [0.25, 0.3) is 0 Å². The molecule has 0 radical (unpaired) electrons. The highest BCUT2D eigenvalue weighted by Crippen LogP contribution is 1.93. The Balaban J connectivity index is 4.22. The van der Waals surface area contributed by atoms with Crippen LogP contribution in [0.15, 0.2) is 12.2 Å². The first-order valence-corrected chi connectivity index (χ1v) is 2.35. The molecule has 1 unspecified atom stereocenters. The second-order valence-electron chi connectivity index (χ2n) is 1.63. The van der Waals surface area contributed by atoms with Gasteiger partial charge in [0.05, 0.1) is 5.97 Å². The lowest BCUT2D eigenvalue weighted by molar-refractivity contribution is -0.299. The Labute approximate surface area is 56.8 Å². The predicted octanol–water partition coefficient (Wildman–Crippen LogP) is -2.30. The molecule has 0 bridgehead atoms. The Morgan fingerprint density at radius 3 is 2.10 bits per heavy atom. The molecule has 0 aliphatic heterocycles. The van der Waals surface area contributed by atoms with Crippen LogP contribution in [0.3, 0.4) is 0 Å². The molecule has 0 aromatic rings. The zero-order valence-electron chi connectivity index (χ0n) is 5.03. The van der Waals surface area contributed by atoms with Gasteiger partial charge in [0.25, 0.3) is 0 Å². The Hall–Kier alpha value is -1.36. The van der Waals surface area contributed by atoms with Gasteiger partial charge in [-0.2, -0.15) is 0 Å². The molecule has 5 heteroatoms. The number of rotatable bonds is 3. The van der Waals surface area contributed by atoms with Gasteiger partial charge in [-0.25, -0.2) is 0 Å². The van der Waals surface area contributed by atoms with Crippen LogP contribution in [0.5, 0.6) is 0 Å². The molecule has 0 aromatic carbocycles. The van der Waals surface area contributed by atoms with Crippen LogP contribution in [0.4, 0.5) is 0 Å². The summed E-state index contributed by atoms with van der Waals surface area (Å²) in [5.41, 5.74) is 4.21. The lowest BCUT2D eigenvalue weighted by Crippen LogP contribution is -2.40. The summed E-state index contributed by atoms with van der Waals surface area (Å²) in [4.78, 5) is 19.9. The maximum absolute atomic E-state index is 9.97. The first-order valence-electron chi connectivity index (χ1n) is 2.35. The molecule has 0 aliphatic rings. The van der Waals surface area contributed by atoms with E-state index in [1.54, 1.807) is 0 Å². The summed E-state index contributed by atoms with van der Waals surface area (Å²) in [6.45, 7) is 2.91. The molecule has 0 aliphatic carbocycles. The van der Waals surface area contributed by atoms with E-state index in [1.165, 1.54) is 0 Å². The molecule has 5 nitrogen and oxygen atoms in total. The Morgan fingerprint density at radius 1 is 1.60 bits per heavy atom. The van der Waals surface area contributed by atoms with Crippen LogP contribution >= 0.6 is 0 Å². The van der Waals surface area contributed by atoms with E-state index in [0.717, 1.165) is 0 Å². The zero-order valence-corrected chi connectivity index (χ0v) is 5.03. The summed E-state index contributed by atoms with van der Waals surface area (Å²) in [5, 5.41) is 18.0. The Kier molecular flexibility index (Phi) is 2.57. The van der Waals surface area contributed by atoms with E-state index < -0.39 is 23.6 Å². The van der Waals surface area contributed by atoms with Crippen molar-refractivity contribution >= 4 is 11.9 Å².